The Morgan fingerprint density at radius 1 is 1.67 bits per heavy atom. The van der Waals surface area contributed by atoms with Crippen LogP contribution in [0.3, 0.4) is 0 Å². The van der Waals surface area contributed by atoms with Gasteiger partial charge in [-0.05, 0) is 40.5 Å². The van der Waals surface area contributed by atoms with Crippen LogP contribution >= 0.6 is 15.9 Å². The molecule has 1 atom stereocenters. The molecule has 0 saturated heterocycles. The van der Waals surface area contributed by atoms with Crippen molar-refractivity contribution in [3.63, 3.8) is 0 Å². The first-order valence-electron chi connectivity index (χ1n) is 4.38. The highest BCUT2D eigenvalue weighted by Crippen LogP contribution is 2.23. The Morgan fingerprint density at radius 2 is 2.33 bits per heavy atom. The maximum absolute atomic E-state index is 13.2. The molecular formula is C11H9BrFNO. The molecule has 1 rings (SSSR count). The van der Waals surface area contributed by atoms with Crippen LogP contribution in [-0.4, -0.2) is 5.78 Å². The number of carbonyl (C=O) groups excluding carboxylic acids is 1. The molecule has 0 heterocycles. The molecule has 2 nitrogen and oxygen atoms in total. The van der Waals surface area contributed by atoms with Crippen LogP contribution in [0.4, 0.5) is 4.39 Å². The van der Waals surface area contributed by atoms with Crippen molar-refractivity contribution in [1.29, 1.82) is 5.26 Å². The molecule has 1 aromatic carbocycles. The van der Waals surface area contributed by atoms with Crippen LogP contribution in [0, 0.1) is 17.1 Å². The predicted molar refractivity (Wildman–Crippen MR) is 57.8 cm³/mol. The molecule has 0 radical (unpaired) electrons. The zero-order valence-electron chi connectivity index (χ0n) is 8.13. The number of ketones is 1. The normalized spacial score (nSPS) is 11.9. The molecule has 15 heavy (non-hydrogen) atoms. The molecule has 0 saturated carbocycles. The number of carbonyl (C=O) groups is 1. The average Bonchev–Trinajstić information content (AvgIpc) is 2.18. The molecule has 0 aliphatic carbocycles. The van der Waals surface area contributed by atoms with Crippen molar-refractivity contribution in [3.05, 3.63) is 34.1 Å². The molecule has 0 aliphatic heterocycles. The van der Waals surface area contributed by atoms with Gasteiger partial charge in [0.15, 0.2) is 0 Å². The van der Waals surface area contributed by atoms with Gasteiger partial charge in [0, 0.05) is 6.42 Å². The maximum atomic E-state index is 13.2. The number of hydrogen-bond donors (Lipinski definition) is 0. The first-order chi connectivity index (χ1) is 7.04. The van der Waals surface area contributed by atoms with Crippen LogP contribution in [0.25, 0.3) is 0 Å². The van der Waals surface area contributed by atoms with E-state index in [1.54, 1.807) is 6.07 Å². The first-order valence-corrected chi connectivity index (χ1v) is 5.18. The van der Waals surface area contributed by atoms with Gasteiger partial charge in [0.1, 0.15) is 11.6 Å². The van der Waals surface area contributed by atoms with Crippen molar-refractivity contribution in [3.8, 4) is 6.07 Å². The van der Waals surface area contributed by atoms with Gasteiger partial charge in [0.05, 0.1) is 16.5 Å². The van der Waals surface area contributed by atoms with Gasteiger partial charge in [-0.3, -0.25) is 4.79 Å². The van der Waals surface area contributed by atoms with Gasteiger partial charge < -0.3 is 0 Å². The minimum atomic E-state index is -0.565. The molecule has 4 heteroatoms. The van der Waals surface area contributed by atoms with Crippen molar-refractivity contribution in [1.82, 2.24) is 0 Å². The molecule has 0 amide bonds. The quantitative estimate of drug-likeness (QED) is 0.846. The van der Waals surface area contributed by atoms with Gasteiger partial charge in [0.25, 0.3) is 0 Å². The number of nitrogens with zero attached hydrogens (tertiary/aromatic N) is 1. The summed E-state index contributed by atoms with van der Waals surface area (Å²) in [4.78, 5) is 10.9. The average molecular weight is 270 g/mol. The highest BCUT2D eigenvalue weighted by atomic mass is 79.9. The molecule has 0 N–H and O–H groups in total. The summed E-state index contributed by atoms with van der Waals surface area (Å²) < 4.78 is 13.5. The van der Waals surface area contributed by atoms with Crippen LogP contribution in [-0.2, 0) is 4.79 Å². The Kier molecular flexibility index (Phi) is 3.98. The highest BCUT2D eigenvalue weighted by Gasteiger charge is 2.14. The molecule has 0 bridgehead atoms. The Balaban J connectivity index is 2.98. The smallest absolute Gasteiger partial charge is 0.137 e. The van der Waals surface area contributed by atoms with E-state index in [-0.39, 0.29) is 12.2 Å². The Hall–Kier alpha value is -1.21. The third-order valence-corrected chi connectivity index (χ3v) is 2.64. The van der Waals surface area contributed by atoms with E-state index in [1.807, 2.05) is 6.07 Å². The number of hydrogen-bond acceptors (Lipinski definition) is 2. The molecule has 0 aliphatic rings. The van der Waals surface area contributed by atoms with E-state index >= 15 is 0 Å². The van der Waals surface area contributed by atoms with E-state index in [0.717, 1.165) is 0 Å². The maximum Gasteiger partial charge on any atom is 0.137 e. The summed E-state index contributed by atoms with van der Waals surface area (Å²) in [6.45, 7) is 1.42. The van der Waals surface area contributed by atoms with E-state index < -0.39 is 11.7 Å². The van der Waals surface area contributed by atoms with E-state index in [4.69, 9.17) is 5.26 Å². The molecule has 78 valence electrons. The van der Waals surface area contributed by atoms with Gasteiger partial charge in [-0.25, -0.2) is 4.39 Å². The fourth-order valence-electron chi connectivity index (χ4n) is 1.25. The largest absolute Gasteiger partial charge is 0.300 e. The summed E-state index contributed by atoms with van der Waals surface area (Å²) in [5.41, 5.74) is 0.536. The Bertz CT molecular complexity index is 425. The Labute approximate surface area is 95.8 Å². The summed E-state index contributed by atoms with van der Waals surface area (Å²) in [5, 5.41) is 8.85. The lowest BCUT2D eigenvalue weighted by Crippen LogP contribution is -2.02. The SMILES string of the molecule is CC(=O)CC(C#N)c1ccc(Br)c(F)c1. The second-order valence-electron chi connectivity index (χ2n) is 3.26. The summed E-state index contributed by atoms with van der Waals surface area (Å²) >= 11 is 3.03. The number of nitriles is 1. The van der Waals surface area contributed by atoms with E-state index in [2.05, 4.69) is 15.9 Å². The molecular weight excluding hydrogens is 261 g/mol. The lowest BCUT2D eigenvalue weighted by Gasteiger charge is -2.07. The van der Waals surface area contributed by atoms with E-state index in [9.17, 15) is 9.18 Å². The van der Waals surface area contributed by atoms with Gasteiger partial charge in [0.2, 0.25) is 0 Å². The summed E-state index contributed by atoms with van der Waals surface area (Å²) in [6, 6.07) is 6.45. The molecule has 0 spiro atoms. The number of rotatable bonds is 3. The summed E-state index contributed by atoms with van der Waals surface area (Å²) in [5.74, 6) is -1.06. The van der Waals surface area contributed by atoms with Crippen molar-refractivity contribution in [2.45, 2.75) is 19.3 Å². The minimum Gasteiger partial charge on any atom is -0.300 e. The third kappa shape index (κ3) is 3.14. The first kappa shape index (κ1) is 11.9. The number of benzene rings is 1. The zero-order valence-corrected chi connectivity index (χ0v) is 9.71. The second kappa shape index (κ2) is 5.04. The molecule has 1 unspecified atom stereocenters. The van der Waals surface area contributed by atoms with E-state index in [0.29, 0.717) is 10.0 Å². The lowest BCUT2D eigenvalue weighted by atomic mass is 9.95. The zero-order chi connectivity index (χ0) is 11.4. The van der Waals surface area contributed by atoms with Crippen LogP contribution in [0.1, 0.15) is 24.8 Å². The standard InChI is InChI=1S/C11H9BrFNO/c1-7(15)4-9(6-14)8-2-3-10(12)11(13)5-8/h2-3,5,9H,4H2,1H3. The van der Waals surface area contributed by atoms with Crippen molar-refractivity contribution < 1.29 is 9.18 Å². The third-order valence-electron chi connectivity index (χ3n) is 1.99. The molecule has 0 fully saturated rings. The van der Waals surface area contributed by atoms with Gasteiger partial charge in [-0.1, -0.05) is 6.07 Å². The molecule has 1 aromatic rings. The van der Waals surface area contributed by atoms with Crippen molar-refractivity contribution in [2.75, 3.05) is 0 Å². The van der Waals surface area contributed by atoms with Gasteiger partial charge in [-0.2, -0.15) is 5.26 Å². The van der Waals surface area contributed by atoms with Crippen LogP contribution in [0.5, 0.6) is 0 Å². The van der Waals surface area contributed by atoms with Crippen molar-refractivity contribution in [2.24, 2.45) is 0 Å². The van der Waals surface area contributed by atoms with Crippen LogP contribution in [0.15, 0.2) is 22.7 Å². The lowest BCUT2D eigenvalue weighted by molar-refractivity contribution is -0.117. The minimum absolute atomic E-state index is 0.0788. The fraction of sp³-hybridized carbons (Fsp3) is 0.273. The molecule has 0 aromatic heterocycles. The second-order valence-corrected chi connectivity index (χ2v) is 4.12. The fourth-order valence-corrected chi connectivity index (χ4v) is 1.50. The monoisotopic (exact) mass is 269 g/mol. The van der Waals surface area contributed by atoms with Crippen LogP contribution < -0.4 is 0 Å². The van der Waals surface area contributed by atoms with Crippen molar-refractivity contribution >= 4 is 21.7 Å². The predicted octanol–water partition coefficient (Wildman–Crippen LogP) is 3.17. The van der Waals surface area contributed by atoms with E-state index in [1.165, 1.54) is 19.1 Å². The Morgan fingerprint density at radius 3 is 2.80 bits per heavy atom. The van der Waals surface area contributed by atoms with Gasteiger partial charge >= 0.3 is 0 Å². The van der Waals surface area contributed by atoms with Crippen LogP contribution in [0.2, 0.25) is 0 Å². The van der Waals surface area contributed by atoms with Gasteiger partial charge in [-0.15, -0.1) is 0 Å². The highest BCUT2D eigenvalue weighted by molar-refractivity contribution is 9.10. The number of halogens is 2. The summed E-state index contributed by atoms with van der Waals surface area (Å²) in [6.07, 6.45) is 0.123. The number of Topliss-reactive ketones (excluding diaryl/α,β-unsaturated/α-hetero) is 1. The topological polar surface area (TPSA) is 40.9 Å². The summed E-state index contributed by atoms with van der Waals surface area (Å²) in [7, 11) is 0.